The molecule has 0 saturated heterocycles. The largest absolute Gasteiger partial charge is 0.491 e. The van der Waals surface area contributed by atoms with E-state index in [1.54, 1.807) is 6.26 Å². The van der Waals surface area contributed by atoms with Crippen LogP contribution in [-0.2, 0) is 0 Å². The molecule has 102 valence electrons. The van der Waals surface area contributed by atoms with E-state index in [1.165, 1.54) is 5.56 Å². The van der Waals surface area contributed by atoms with Crippen LogP contribution in [0.4, 0.5) is 0 Å². The van der Waals surface area contributed by atoms with Crippen molar-refractivity contribution in [2.75, 3.05) is 6.61 Å². The SMILES string of the molecule is CCC(C)c1ccccc1OCC(N)c1ccco1. The van der Waals surface area contributed by atoms with Crippen molar-refractivity contribution in [2.45, 2.75) is 32.2 Å². The minimum absolute atomic E-state index is 0.236. The molecule has 2 N–H and O–H groups in total. The Hall–Kier alpha value is -1.74. The third kappa shape index (κ3) is 3.38. The van der Waals surface area contributed by atoms with E-state index in [1.807, 2.05) is 30.3 Å². The number of hydrogen-bond acceptors (Lipinski definition) is 3. The van der Waals surface area contributed by atoms with Crippen molar-refractivity contribution < 1.29 is 9.15 Å². The van der Waals surface area contributed by atoms with Gasteiger partial charge >= 0.3 is 0 Å². The molecule has 0 aliphatic heterocycles. The average Bonchev–Trinajstić information content (AvgIpc) is 2.98. The van der Waals surface area contributed by atoms with Gasteiger partial charge in [0.25, 0.3) is 0 Å². The van der Waals surface area contributed by atoms with Gasteiger partial charge < -0.3 is 14.9 Å². The molecule has 2 aromatic rings. The lowest BCUT2D eigenvalue weighted by Crippen LogP contribution is -2.18. The molecule has 0 fully saturated rings. The fourth-order valence-corrected chi connectivity index (χ4v) is 2.00. The minimum Gasteiger partial charge on any atom is -0.491 e. The summed E-state index contributed by atoms with van der Waals surface area (Å²) in [6, 6.07) is 11.6. The van der Waals surface area contributed by atoms with Gasteiger partial charge in [-0.1, -0.05) is 32.0 Å². The number of rotatable bonds is 6. The summed E-state index contributed by atoms with van der Waals surface area (Å²) >= 11 is 0. The summed E-state index contributed by atoms with van der Waals surface area (Å²) in [5.74, 6) is 2.15. The van der Waals surface area contributed by atoms with Crippen LogP contribution in [0.25, 0.3) is 0 Å². The van der Waals surface area contributed by atoms with Crippen LogP contribution in [0.3, 0.4) is 0 Å². The summed E-state index contributed by atoms with van der Waals surface area (Å²) in [7, 11) is 0. The van der Waals surface area contributed by atoms with E-state index in [0.29, 0.717) is 12.5 Å². The molecule has 0 amide bonds. The molecule has 0 saturated carbocycles. The maximum absolute atomic E-state index is 6.03. The number of hydrogen-bond donors (Lipinski definition) is 1. The Labute approximate surface area is 114 Å². The van der Waals surface area contributed by atoms with Gasteiger partial charge in [-0.15, -0.1) is 0 Å². The van der Waals surface area contributed by atoms with Crippen molar-refractivity contribution in [1.29, 1.82) is 0 Å². The van der Waals surface area contributed by atoms with Crippen molar-refractivity contribution in [3.05, 3.63) is 54.0 Å². The van der Waals surface area contributed by atoms with Gasteiger partial charge in [-0.25, -0.2) is 0 Å². The van der Waals surface area contributed by atoms with Crippen LogP contribution in [0, 0.1) is 0 Å². The summed E-state index contributed by atoms with van der Waals surface area (Å²) in [6.07, 6.45) is 2.72. The summed E-state index contributed by atoms with van der Waals surface area (Å²) in [5.41, 5.74) is 7.26. The molecule has 0 radical (unpaired) electrons. The molecule has 1 heterocycles. The van der Waals surface area contributed by atoms with Gasteiger partial charge in [0, 0.05) is 0 Å². The quantitative estimate of drug-likeness (QED) is 0.856. The van der Waals surface area contributed by atoms with Crippen LogP contribution in [0.2, 0.25) is 0 Å². The van der Waals surface area contributed by atoms with Crippen LogP contribution >= 0.6 is 0 Å². The zero-order chi connectivity index (χ0) is 13.7. The predicted octanol–water partition coefficient (Wildman–Crippen LogP) is 3.87. The van der Waals surface area contributed by atoms with E-state index in [2.05, 4.69) is 19.9 Å². The predicted molar refractivity (Wildman–Crippen MR) is 76.3 cm³/mol. The highest BCUT2D eigenvalue weighted by molar-refractivity contribution is 5.35. The second-order valence-corrected chi connectivity index (χ2v) is 4.78. The van der Waals surface area contributed by atoms with Gasteiger partial charge in [-0.2, -0.15) is 0 Å². The number of para-hydroxylation sites is 1. The monoisotopic (exact) mass is 259 g/mol. The summed E-state index contributed by atoms with van der Waals surface area (Å²) in [4.78, 5) is 0. The maximum atomic E-state index is 6.03. The van der Waals surface area contributed by atoms with Crippen LogP contribution < -0.4 is 10.5 Å². The standard InChI is InChI=1S/C16H21NO2/c1-3-12(2)13-7-4-5-8-15(13)19-11-14(17)16-9-6-10-18-16/h4-10,12,14H,3,11,17H2,1-2H3. The Kier molecular flexibility index (Phi) is 4.63. The number of ether oxygens (including phenoxy) is 1. The Morgan fingerprint density at radius 3 is 2.68 bits per heavy atom. The van der Waals surface area contributed by atoms with Crippen molar-refractivity contribution >= 4 is 0 Å². The van der Waals surface area contributed by atoms with Gasteiger partial charge in [0.15, 0.2) is 0 Å². The molecule has 0 spiro atoms. The highest BCUT2D eigenvalue weighted by Gasteiger charge is 2.13. The fraction of sp³-hybridized carbons (Fsp3) is 0.375. The van der Waals surface area contributed by atoms with Crippen LogP contribution in [0.5, 0.6) is 5.75 Å². The molecule has 3 nitrogen and oxygen atoms in total. The summed E-state index contributed by atoms with van der Waals surface area (Å²) in [6.45, 7) is 4.80. The van der Waals surface area contributed by atoms with Gasteiger partial charge in [-0.3, -0.25) is 0 Å². The van der Waals surface area contributed by atoms with Gasteiger partial charge in [0.05, 0.1) is 12.3 Å². The van der Waals surface area contributed by atoms with E-state index in [9.17, 15) is 0 Å². The topological polar surface area (TPSA) is 48.4 Å². The van der Waals surface area contributed by atoms with Crippen LogP contribution in [-0.4, -0.2) is 6.61 Å². The zero-order valence-corrected chi connectivity index (χ0v) is 11.5. The van der Waals surface area contributed by atoms with E-state index in [0.717, 1.165) is 17.9 Å². The number of nitrogens with two attached hydrogens (primary N) is 1. The molecular formula is C16H21NO2. The van der Waals surface area contributed by atoms with Crippen molar-refractivity contribution in [3.63, 3.8) is 0 Å². The molecule has 0 aliphatic rings. The maximum Gasteiger partial charge on any atom is 0.123 e. The van der Waals surface area contributed by atoms with Crippen molar-refractivity contribution in [3.8, 4) is 5.75 Å². The van der Waals surface area contributed by atoms with Crippen LogP contribution in [0.1, 0.15) is 43.6 Å². The molecule has 1 aromatic carbocycles. The summed E-state index contributed by atoms with van der Waals surface area (Å²) < 4.78 is 11.1. The average molecular weight is 259 g/mol. The molecule has 0 aliphatic carbocycles. The van der Waals surface area contributed by atoms with E-state index in [4.69, 9.17) is 14.9 Å². The summed E-state index contributed by atoms with van der Waals surface area (Å²) in [5, 5.41) is 0. The van der Waals surface area contributed by atoms with E-state index >= 15 is 0 Å². The normalized spacial score (nSPS) is 14.1. The van der Waals surface area contributed by atoms with Crippen molar-refractivity contribution in [2.24, 2.45) is 5.73 Å². The molecule has 0 bridgehead atoms. The number of furan rings is 1. The molecule has 2 unspecified atom stereocenters. The molecule has 1 aromatic heterocycles. The Morgan fingerprint density at radius 1 is 1.21 bits per heavy atom. The van der Waals surface area contributed by atoms with E-state index in [-0.39, 0.29) is 6.04 Å². The lowest BCUT2D eigenvalue weighted by atomic mass is 9.98. The van der Waals surface area contributed by atoms with Crippen LogP contribution in [0.15, 0.2) is 47.1 Å². The van der Waals surface area contributed by atoms with Crippen molar-refractivity contribution in [1.82, 2.24) is 0 Å². The highest BCUT2D eigenvalue weighted by atomic mass is 16.5. The van der Waals surface area contributed by atoms with Gasteiger partial charge in [0.2, 0.25) is 0 Å². The minimum atomic E-state index is -0.236. The lowest BCUT2D eigenvalue weighted by molar-refractivity contribution is 0.269. The molecule has 19 heavy (non-hydrogen) atoms. The third-order valence-electron chi connectivity index (χ3n) is 3.39. The third-order valence-corrected chi connectivity index (χ3v) is 3.39. The number of benzene rings is 1. The Morgan fingerprint density at radius 2 is 2.00 bits per heavy atom. The lowest BCUT2D eigenvalue weighted by Gasteiger charge is -2.17. The fourth-order valence-electron chi connectivity index (χ4n) is 2.00. The molecule has 2 rings (SSSR count). The smallest absolute Gasteiger partial charge is 0.123 e. The zero-order valence-electron chi connectivity index (χ0n) is 11.5. The Bertz CT molecular complexity index is 493. The first-order valence-corrected chi connectivity index (χ1v) is 6.73. The van der Waals surface area contributed by atoms with Gasteiger partial charge in [0.1, 0.15) is 18.1 Å². The second kappa shape index (κ2) is 6.43. The molecular weight excluding hydrogens is 238 g/mol. The second-order valence-electron chi connectivity index (χ2n) is 4.78. The first-order valence-electron chi connectivity index (χ1n) is 6.73. The van der Waals surface area contributed by atoms with E-state index < -0.39 is 0 Å². The van der Waals surface area contributed by atoms with Gasteiger partial charge in [-0.05, 0) is 36.1 Å². The highest BCUT2D eigenvalue weighted by Crippen LogP contribution is 2.28. The molecule has 2 atom stereocenters. The first-order chi connectivity index (χ1) is 9.22. The first kappa shape index (κ1) is 13.7. The molecule has 3 heteroatoms. The Balaban J connectivity index is 2.03.